The molecule has 158 valence electrons. The van der Waals surface area contributed by atoms with E-state index in [0.29, 0.717) is 39.3 Å². The normalized spacial score (nSPS) is 11.0. The Bertz CT molecular complexity index is 1270. The molecule has 2 aromatic heterocycles. The lowest BCUT2D eigenvalue weighted by atomic mass is 10.1. The van der Waals surface area contributed by atoms with E-state index in [1.807, 2.05) is 6.92 Å². The van der Waals surface area contributed by atoms with Crippen LogP contribution in [-0.4, -0.2) is 20.8 Å². The average Bonchev–Trinajstić information content (AvgIpc) is 3.33. The molecule has 0 aliphatic heterocycles. The lowest BCUT2D eigenvalue weighted by Gasteiger charge is -2.06. The zero-order valence-corrected chi connectivity index (χ0v) is 18.1. The van der Waals surface area contributed by atoms with Crippen LogP contribution in [0.25, 0.3) is 11.3 Å². The molecule has 2 heterocycles. The van der Waals surface area contributed by atoms with Crippen molar-refractivity contribution >= 4 is 34.8 Å². The fourth-order valence-corrected chi connectivity index (χ4v) is 3.44. The van der Waals surface area contributed by atoms with Gasteiger partial charge in [0.15, 0.2) is 11.5 Å². The Morgan fingerprint density at radius 2 is 1.84 bits per heavy atom. The highest BCUT2D eigenvalue weighted by Crippen LogP contribution is 2.29. The Morgan fingerprint density at radius 3 is 2.55 bits per heavy atom. The van der Waals surface area contributed by atoms with Gasteiger partial charge >= 0.3 is 0 Å². The molecule has 0 fully saturated rings. The zero-order valence-electron chi connectivity index (χ0n) is 16.6. The minimum absolute atomic E-state index is 0.117. The third-order valence-electron chi connectivity index (χ3n) is 4.81. The van der Waals surface area contributed by atoms with Gasteiger partial charge in [-0.1, -0.05) is 40.5 Å². The van der Waals surface area contributed by atoms with Crippen molar-refractivity contribution in [1.29, 1.82) is 0 Å². The van der Waals surface area contributed by atoms with Gasteiger partial charge in [0.2, 0.25) is 0 Å². The third kappa shape index (κ3) is 4.47. The number of amides is 1. The second-order valence-corrected chi connectivity index (χ2v) is 7.80. The molecular weight excluding hydrogens is 442 g/mol. The first-order valence-corrected chi connectivity index (χ1v) is 10.1. The molecule has 0 spiro atoms. The van der Waals surface area contributed by atoms with Crippen LogP contribution in [0.15, 0.2) is 53.1 Å². The Balaban J connectivity index is 1.52. The monoisotopic (exact) mass is 458 g/mol. The van der Waals surface area contributed by atoms with Crippen molar-refractivity contribution in [2.45, 2.75) is 20.4 Å². The summed E-state index contributed by atoms with van der Waals surface area (Å²) in [7, 11) is 0. The topological polar surface area (TPSA) is 73.0 Å². The predicted molar refractivity (Wildman–Crippen MR) is 117 cm³/mol. The number of hydrogen-bond acceptors (Lipinski definition) is 4. The van der Waals surface area contributed by atoms with Crippen LogP contribution in [0.3, 0.4) is 0 Å². The summed E-state index contributed by atoms with van der Waals surface area (Å²) in [5.74, 6) is -0.329. The number of benzene rings is 2. The fourth-order valence-electron chi connectivity index (χ4n) is 3.14. The van der Waals surface area contributed by atoms with Gasteiger partial charge in [-0.05, 0) is 49.7 Å². The first kappa shape index (κ1) is 21.1. The largest absolute Gasteiger partial charge is 0.355 e. The molecule has 1 N–H and O–H groups in total. The third-order valence-corrected chi connectivity index (χ3v) is 5.55. The highest BCUT2D eigenvalue weighted by molar-refractivity contribution is 6.42. The van der Waals surface area contributed by atoms with E-state index in [9.17, 15) is 9.18 Å². The van der Waals surface area contributed by atoms with Gasteiger partial charge in [-0.15, -0.1) is 0 Å². The first-order valence-electron chi connectivity index (χ1n) is 9.34. The number of nitrogens with one attached hydrogen (secondary N) is 1. The van der Waals surface area contributed by atoms with E-state index in [1.165, 1.54) is 18.2 Å². The van der Waals surface area contributed by atoms with Crippen molar-refractivity contribution < 1.29 is 13.7 Å². The molecular formula is C22H17Cl2FN4O2. The molecule has 0 bridgehead atoms. The molecule has 1 amide bonds. The molecule has 2 aromatic carbocycles. The van der Waals surface area contributed by atoms with Crippen molar-refractivity contribution in [2.75, 3.05) is 5.32 Å². The van der Waals surface area contributed by atoms with Crippen molar-refractivity contribution in [3.63, 3.8) is 0 Å². The predicted octanol–water partition coefficient (Wildman–Crippen LogP) is 5.90. The summed E-state index contributed by atoms with van der Waals surface area (Å²) < 4.78 is 20.2. The van der Waals surface area contributed by atoms with E-state index in [4.69, 9.17) is 27.7 Å². The second-order valence-electron chi connectivity index (χ2n) is 6.99. The molecule has 0 aliphatic rings. The summed E-state index contributed by atoms with van der Waals surface area (Å²) >= 11 is 12.0. The van der Waals surface area contributed by atoms with Crippen LogP contribution in [0, 0.1) is 19.7 Å². The molecule has 0 saturated carbocycles. The van der Waals surface area contributed by atoms with Gasteiger partial charge < -0.3 is 9.84 Å². The number of hydrogen-bond donors (Lipinski definition) is 1. The van der Waals surface area contributed by atoms with Gasteiger partial charge in [-0.25, -0.2) is 4.39 Å². The van der Waals surface area contributed by atoms with E-state index in [0.717, 1.165) is 11.3 Å². The standard InChI is InChI=1S/C22H17Cl2FN4O2/c1-12-21(13(2)29(27-12)11-14-3-6-16(25)7-4-14)26-22(30)19-10-20(31-28-19)15-5-8-17(23)18(24)9-15/h3-10H,11H2,1-2H3,(H,26,30). The van der Waals surface area contributed by atoms with Crippen LogP contribution in [0.1, 0.15) is 27.4 Å². The van der Waals surface area contributed by atoms with E-state index < -0.39 is 5.91 Å². The van der Waals surface area contributed by atoms with Gasteiger partial charge in [0.25, 0.3) is 5.91 Å². The summed E-state index contributed by atoms with van der Waals surface area (Å²) in [6.07, 6.45) is 0. The average molecular weight is 459 g/mol. The fraction of sp³-hybridized carbons (Fsp3) is 0.136. The minimum Gasteiger partial charge on any atom is -0.355 e. The molecule has 4 aromatic rings. The molecule has 4 rings (SSSR count). The molecule has 31 heavy (non-hydrogen) atoms. The number of aryl methyl sites for hydroxylation is 1. The molecule has 0 saturated heterocycles. The number of halogens is 3. The number of carbonyl (C=O) groups excluding carboxylic acids is 1. The molecule has 0 unspecified atom stereocenters. The van der Waals surface area contributed by atoms with Crippen LogP contribution >= 0.6 is 23.2 Å². The molecule has 9 heteroatoms. The van der Waals surface area contributed by atoms with Crippen LogP contribution in [-0.2, 0) is 6.54 Å². The number of rotatable bonds is 5. The maximum Gasteiger partial charge on any atom is 0.277 e. The van der Waals surface area contributed by atoms with Crippen LogP contribution in [0.2, 0.25) is 10.0 Å². The summed E-state index contributed by atoms with van der Waals surface area (Å²) in [5, 5.41) is 12.0. The van der Waals surface area contributed by atoms with E-state index in [1.54, 1.807) is 41.9 Å². The highest BCUT2D eigenvalue weighted by atomic mass is 35.5. The van der Waals surface area contributed by atoms with Crippen LogP contribution in [0.5, 0.6) is 0 Å². The van der Waals surface area contributed by atoms with Gasteiger partial charge in [-0.3, -0.25) is 9.48 Å². The molecule has 6 nitrogen and oxygen atoms in total. The van der Waals surface area contributed by atoms with Crippen molar-refractivity contribution in [1.82, 2.24) is 14.9 Å². The van der Waals surface area contributed by atoms with Crippen LogP contribution < -0.4 is 5.32 Å². The SMILES string of the molecule is Cc1nn(Cc2ccc(F)cc2)c(C)c1NC(=O)c1cc(-c2ccc(Cl)c(Cl)c2)on1. The number of aromatic nitrogens is 3. The Hall–Kier alpha value is -3.16. The molecule has 0 aliphatic carbocycles. The lowest BCUT2D eigenvalue weighted by Crippen LogP contribution is -2.13. The first-order chi connectivity index (χ1) is 14.8. The van der Waals surface area contributed by atoms with Crippen LogP contribution in [0.4, 0.5) is 10.1 Å². The van der Waals surface area contributed by atoms with Gasteiger partial charge in [0, 0.05) is 11.6 Å². The zero-order chi connectivity index (χ0) is 22.1. The smallest absolute Gasteiger partial charge is 0.277 e. The summed E-state index contributed by atoms with van der Waals surface area (Å²) in [5.41, 5.74) is 3.68. The van der Waals surface area contributed by atoms with Crippen molar-refractivity contribution in [2.24, 2.45) is 0 Å². The van der Waals surface area contributed by atoms with E-state index >= 15 is 0 Å². The number of nitrogens with zero attached hydrogens (tertiary/aromatic N) is 3. The Morgan fingerprint density at radius 1 is 1.10 bits per heavy atom. The van der Waals surface area contributed by atoms with E-state index in [-0.39, 0.29) is 11.5 Å². The van der Waals surface area contributed by atoms with E-state index in [2.05, 4.69) is 15.6 Å². The summed E-state index contributed by atoms with van der Waals surface area (Å²) in [6.45, 7) is 4.10. The number of anilines is 1. The summed E-state index contributed by atoms with van der Waals surface area (Å²) in [6, 6.07) is 12.7. The number of carbonyl (C=O) groups is 1. The van der Waals surface area contributed by atoms with Crippen molar-refractivity contribution in [3.05, 3.63) is 87.0 Å². The van der Waals surface area contributed by atoms with Gasteiger partial charge in [-0.2, -0.15) is 5.10 Å². The molecule has 0 radical (unpaired) electrons. The Labute approximate surface area is 187 Å². The van der Waals surface area contributed by atoms with Gasteiger partial charge in [0.05, 0.1) is 33.7 Å². The second kappa shape index (κ2) is 8.53. The lowest BCUT2D eigenvalue weighted by molar-refractivity contribution is 0.101. The maximum absolute atomic E-state index is 13.1. The van der Waals surface area contributed by atoms with Gasteiger partial charge in [0.1, 0.15) is 5.82 Å². The highest BCUT2D eigenvalue weighted by Gasteiger charge is 2.19. The van der Waals surface area contributed by atoms with Crippen molar-refractivity contribution in [3.8, 4) is 11.3 Å². The minimum atomic E-state index is -0.428. The maximum atomic E-state index is 13.1. The molecule has 0 atom stereocenters. The summed E-state index contributed by atoms with van der Waals surface area (Å²) in [4.78, 5) is 12.7. The Kier molecular flexibility index (Phi) is 5.80. The quantitative estimate of drug-likeness (QED) is 0.403.